The van der Waals surface area contributed by atoms with Gasteiger partial charge in [0.1, 0.15) is 0 Å². The fourth-order valence-corrected chi connectivity index (χ4v) is 0.454. The van der Waals surface area contributed by atoms with Crippen LogP contribution in [0.1, 0.15) is 0 Å². The van der Waals surface area contributed by atoms with Gasteiger partial charge in [0.2, 0.25) is 0 Å². The maximum absolute atomic E-state index is 3.72. The van der Waals surface area contributed by atoms with Gasteiger partial charge in [0, 0.05) is 12.4 Å². The summed E-state index contributed by atoms with van der Waals surface area (Å²) in [7, 11) is 0. The number of aliphatic imine (C=N–C) groups is 1. The Morgan fingerprint density at radius 3 is 2.22 bits per heavy atom. The monoisotopic (exact) mass is 120 g/mol. The van der Waals surface area contributed by atoms with Crippen LogP contribution in [0.3, 0.4) is 0 Å². The first-order valence-corrected chi connectivity index (χ1v) is 2.57. The second-order valence-corrected chi connectivity index (χ2v) is 1.76. The Bertz CT molecular complexity index is 195. The third kappa shape index (κ3) is 1.08. The maximum Gasteiger partial charge on any atom is 0.0784 e. The van der Waals surface area contributed by atoms with Crippen molar-refractivity contribution < 1.29 is 0 Å². The molecular weight excluding hydrogens is 112 g/mol. The largest absolute Gasteiger partial charge is 0.319 e. The molecule has 0 spiro atoms. The fraction of sp³-hybridized carbons (Fsp3) is 0. The second-order valence-electron chi connectivity index (χ2n) is 1.76. The summed E-state index contributed by atoms with van der Waals surface area (Å²) in [5.74, 6) is 0. The highest BCUT2D eigenvalue weighted by molar-refractivity contribution is 5.38. The Hall–Kier alpha value is -1.31. The number of hydrogen-bond acceptors (Lipinski definition) is 2. The Morgan fingerprint density at radius 2 is 1.89 bits per heavy atom. The molecule has 0 N–H and O–H groups in total. The minimum absolute atomic E-state index is 0.625. The summed E-state index contributed by atoms with van der Waals surface area (Å²) in [4.78, 5) is 5.47. The lowest BCUT2D eigenvalue weighted by Gasteiger charge is -2.03. The Balaban J connectivity index is 2.51. The summed E-state index contributed by atoms with van der Waals surface area (Å²) < 4.78 is 0. The lowest BCUT2D eigenvalue weighted by atomic mass is 10.4. The molecule has 0 saturated heterocycles. The van der Waals surface area contributed by atoms with Crippen molar-refractivity contribution in [3.05, 3.63) is 37.0 Å². The van der Waals surface area contributed by atoms with E-state index >= 15 is 0 Å². The molecule has 0 aromatic carbocycles. The molecule has 0 aromatic rings. The molecule has 1 rings (SSSR count). The molecular formula is C7H8N2. The first-order valence-electron chi connectivity index (χ1n) is 2.57. The first-order chi connectivity index (χ1) is 4.25. The second kappa shape index (κ2) is 1.90. The van der Waals surface area contributed by atoms with Gasteiger partial charge in [0.25, 0.3) is 0 Å². The molecule has 0 bridgehead atoms. The molecule has 2 nitrogen and oxygen atoms in total. The van der Waals surface area contributed by atoms with E-state index in [1.165, 1.54) is 0 Å². The summed E-state index contributed by atoms with van der Waals surface area (Å²) in [5.41, 5.74) is 1.42. The van der Waals surface area contributed by atoms with Gasteiger partial charge in [-0.1, -0.05) is 13.2 Å². The van der Waals surface area contributed by atoms with Crippen LogP contribution in [0, 0.1) is 0 Å². The zero-order valence-electron chi connectivity index (χ0n) is 5.17. The highest BCUT2D eigenvalue weighted by atomic mass is 15.2. The van der Waals surface area contributed by atoms with E-state index in [0.717, 1.165) is 5.70 Å². The van der Waals surface area contributed by atoms with Crippen LogP contribution >= 0.6 is 0 Å². The Kier molecular flexibility index (Phi) is 1.23. The van der Waals surface area contributed by atoms with Crippen molar-refractivity contribution in [2.24, 2.45) is 4.99 Å². The van der Waals surface area contributed by atoms with Crippen LogP contribution in [0.4, 0.5) is 0 Å². The van der Waals surface area contributed by atoms with Gasteiger partial charge in [-0.15, -0.1) is 0 Å². The molecule has 0 atom stereocenters. The first kappa shape index (κ1) is 5.82. The van der Waals surface area contributed by atoms with Gasteiger partial charge in [0.15, 0.2) is 0 Å². The molecule has 46 valence electrons. The summed E-state index contributed by atoms with van der Waals surface area (Å²) >= 11 is 0. The zero-order chi connectivity index (χ0) is 6.85. The van der Waals surface area contributed by atoms with Crippen molar-refractivity contribution in [3.63, 3.8) is 0 Å². The van der Waals surface area contributed by atoms with Crippen LogP contribution in [0.5, 0.6) is 0 Å². The molecule has 1 heterocycles. The molecule has 0 radical (unpaired) electrons. The smallest absolute Gasteiger partial charge is 0.0784 e. The summed E-state index contributed by atoms with van der Waals surface area (Å²) in [5, 5.41) is 0. The number of hydrogen-bond donors (Lipinski definition) is 0. The van der Waals surface area contributed by atoms with Crippen molar-refractivity contribution in [2.75, 3.05) is 0 Å². The Morgan fingerprint density at radius 1 is 1.33 bits per heavy atom. The molecule has 0 fully saturated rings. The van der Waals surface area contributed by atoms with Crippen LogP contribution in [-0.4, -0.2) is 11.6 Å². The van der Waals surface area contributed by atoms with E-state index in [1.807, 2.05) is 17.3 Å². The fourth-order valence-electron chi connectivity index (χ4n) is 0.454. The van der Waals surface area contributed by atoms with Crippen molar-refractivity contribution >= 4 is 6.72 Å². The van der Waals surface area contributed by atoms with Crippen LogP contribution in [0.25, 0.3) is 0 Å². The third-order valence-corrected chi connectivity index (χ3v) is 1.13. The average molecular weight is 120 g/mol. The predicted molar refractivity (Wildman–Crippen MR) is 38.8 cm³/mol. The molecule has 2 heteroatoms. The van der Waals surface area contributed by atoms with Crippen LogP contribution in [0.15, 0.2) is 41.9 Å². The topological polar surface area (TPSA) is 15.4 Å². The van der Waals surface area contributed by atoms with Gasteiger partial charge >= 0.3 is 0 Å². The average Bonchev–Trinajstić information content (AvgIpc) is 2.66. The zero-order valence-corrected chi connectivity index (χ0v) is 5.17. The highest BCUT2D eigenvalue weighted by Gasteiger charge is 2.10. The molecule has 0 unspecified atom stereocenters. The minimum atomic E-state index is 0.625. The SMILES string of the molecule is C=NC(=C)C(=C)N1C=C1. The standard InChI is InChI=1S/C7H8N2/c1-6(8-3)7(2)9-4-5-9/h4-5H,1-3H2. The normalized spacial score (nSPS) is 13.1. The van der Waals surface area contributed by atoms with Crippen LogP contribution < -0.4 is 0 Å². The Labute approximate surface area is 54.5 Å². The lowest BCUT2D eigenvalue weighted by molar-refractivity contribution is 0.770. The van der Waals surface area contributed by atoms with Gasteiger partial charge in [0.05, 0.1) is 11.4 Å². The summed E-state index contributed by atoms with van der Waals surface area (Å²) in [6.07, 6.45) is 3.78. The van der Waals surface area contributed by atoms with E-state index in [1.54, 1.807) is 0 Å². The quantitative estimate of drug-likeness (QED) is 0.407. The molecule has 9 heavy (non-hydrogen) atoms. The van der Waals surface area contributed by atoms with Gasteiger partial charge in [-0.05, 0) is 6.72 Å². The lowest BCUT2D eigenvalue weighted by Crippen LogP contribution is -1.94. The van der Waals surface area contributed by atoms with Crippen LogP contribution in [-0.2, 0) is 0 Å². The predicted octanol–water partition coefficient (Wildman–Crippen LogP) is 1.50. The maximum atomic E-state index is 3.72. The number of nitrogens with zero attached hydrogens (tertiary/aromatic N) is 2. The summed E-state index contributed by atoms with van der Waals surface area (Å²) in [6, 6.07) is 0. The highest BCUT2D eigenvalue weighted by Crippen LogP contribution is 2.20. The van der Waals surface area contributed by atoms with E-state index in [-0.39, 0.29) is 0 Å². The van der Waals surface area contributed by atoms with Crippen molar-refractivity contribution in [2.45, 2.75) is 0 Å². The van der Waals surface area contributed by atoms with Crippen molar-refractivity contribution in [3.8, 4) is 0 Å². The van der Waals surface area contributed by atoms with Gasteiger partial charge in [-0.25, -0.2) is 0 Å². The number of rotatable bonds is 3. The van der Waals surface area contributed by atoms with Gasteiger partial charge in [-0.2, -0.15) is 0 Å². The van der Waals surface area contributed by atoms with E-state index in [0.29, 0.717) is 5.70 Å². The van der Waals surface area contributed by atoms with E-state index in [2.05, 4.69) is 24.9 Å². The van der Waals surface area contributed by atoms with Gasteiger partial charge < -0.3 is 4.90 Å². The summed E-state index contributed by atoms with van der Waals surface area (Å²) in [6.45, 7) is 10.7. The van der Waals surface area contributed by atoms with Crippen molar-refractivity contribution in [1.82, 2.24) is 4.90 Å². The molecule has 0 aliphatic carbocycles. The molecule has 1 aliphatic rings. The van der Waals surface area contributed by atoms with E-state index in [4.69, 9.17) is 0 Å². The van der Waals surface area contributed by atoms with E-state index in [9.17, 15) is 0 Å². The van der Waals surface area contributed by atoms with Crippen molar-refractivity contribution in [1.29, 1.82) is 0 Å². The minimum Gasteiger partial charge on any atom is -0.319 e. The molecule has 0 amide bonds. The van der Waals surface area contributed by atoms with Gasteiger partial charge in [-0.3, -0.25) is 4.99 Å². The van der Waals surface area contributed by atoms with E-state index < -0.39 is 0 Å². The molecule has 0 saturated carbocycles. The van der Waals surface area contributed by atoms with Crippen LogP contribution in [0.2, 0.25) is 0 Å². The molecule has 0 aromatic heterocycles. The third-order valence-electron chi connectivity index (χ3n) is 1.13. The molecule has 1 aliphatic heterocycles.